The highest BCUT2D eigenvalue weighted by atomic mass is 35.5. The summed E-state index contributed by atoms with van der Waals surface area (Å²) in [6.07, 6.45) is 5.33. The van der Waals surface area contributed by atoms with Crippen LogP contribution in [0.1, 0.15) is 31.2 Å². The van der Waals surface area contributed by atoms with E-state index in [2.05, 4.69) is 10.3 Å². The van der Waals surface area contributed by atoms with Crippen LogP contribution >= 0.6 is 11.6 Å². The summed E-state index contributed by atoms with van der Waals surface area (Å²) in [7, 11) is 0. The molecule has 0 saturated heterocycles. The molecule has 0 radical (unpaired) electrons. The van der Waals surface area contributed by atoms with E-state index >= 15 is 0 Å². The number of anilines is 2. The van der Waals surface area contributed by atoms with Crippen LogP contribution < -0.4 is 11.1 Å². The van der Waals surface area contributed by atoms with Crippen molar-refractivity contribution in [3.05, 3.63) is 53.2 Å². The van der Waals surface area contributed by atoms with Gasteiger partial charge in [-0.25, -0.2) is 4.98 Å². The lowest BCUT2D eigenvalue weighted by atomic mass is 9.78. The van der Waals surface area contributed by atoms with Crippen molar-refractivity contribution in [2.45, 2.75) is 31.1 Å². The second-order valence-corrected chi connectivity index (χ2v) is 6.16. The average molecular weight is 316 g/mol. The van der Waals surface area contributed by atoms with E-state index in [1.807, 2.05) is 24.3 Å². The lowest BCUT2D eigenvalue weighted by molar-refractivity contribution is -0.121. The smallest absolute Gasteiger partial charge is 0.235 e. The number of amides is 1. The molecule has 3 rings (SSSR count). The molecule has 1 amide bonds. The Bertz CT molecular complexity index is 679. The Morgan fingerprint density at radius 3 is 2.64 bits per heavy atom. The number of nitrogens with zero attached hydrogens (tertiary/aromatic N) is 1. The van der Waals surface area contributed by atoms with Crippen LogP contribution in [0.15, 0.2) is 42.6 Å². The molecular formula is C17H18ClN3O. The van der Waals surface area contributed by atoms with E-state index in [-0.39, 0.29) is 5.91 Å². The third-order valence-corrected chi connectivity index (χ3v) is 4.55. The van der Waals surface area contributed by atoms with E-state index in [9.17, 15) is 4.79 Å². The fourth-order valence-electron chi connectivity index (χ4n) is 3.14. The average Bonchev–Trinajstić information content (AvgIpc) is 3.00. The third-order valence-electron chi connectivity index (χ3n) is 4.31. The van der Waals surface area contributed by atoms with Crippen molar-refractivity contribution in [1.82, 2.24) is 4.98 Å². The van der Waals surface area contributed by atoms with Gasteiger partial charge in [-0.1, -0.05) is 36.6 Å². The summed E-state index contributed by atoms with van der Waals surface area (Å²) in [6, 6.07) is 11.0. The van der Waals surface area contributed by atoms with Crippen LogP contribution in [0.5, 0.6) is 0 Å². The highest BCUT2D eigenvalue weighted by Crippen LogP contribution is 2.42. The van der Waals surface area contributed by atoms with Crippen LogP contribution in [-0.4, -0.2) is 10.9 Å². The van der Waals surface area contributed by atoms with Gasteiger partial charge in [-0.05, 0) is 42.7 Å². The van der Waals surface area contributed by atoms with Gasteiger partial charge in [0.2, 0.25) is 5.91 Å². The van der Waals surface area contributed by atoms with Gasteiger partial charge in [-0.15, -0.1) is 0 Å². The van der Waals surface area contributed by atoms with Crippen LogP contribution in [-0.2, 0) is 10.2 Å². The van der Waals surface area contributed by atoms with Gasteiger partial charge in [0.25, 0.3) is 0 Å². The van der Waals surface area contributed by atoms with Crippen molar-refractivity contribution < 1.29 is 4.79 Å². The SMILES string of the molecule is Nc1ccc(NC(=O)C2(c3cccc(Cl)c3)CCCC2)cn1. The van der Waals surface area contributed by atoms with Crippen LogP contribution in [0.2, 0.25) is 5.02 Å². The molecule has 3 N–H and O–H groups in total. The predicted molar refractivity (Wildman–Crippen MR) is 88.9 cm³/mol. The Hall–Kier alpha value is -2.07. The van der Waals surface area contributed by atoms with Gasteiger partial charge in [0, 0.05) is 5.02 Å². The molecule has 0 bridgehead atoms. The molecule has 1 aromatic heterocycles. The Balaban J connectivity index is 1.90. The van der Waals surface area contributed by atoms with Gasteiger partial charge in [0.1, 0.15) is 5.82 Å². The van der Waals surface area contributed by atoms with Crippen molar-refractivity contribution in [3.63, 3.8) is 0 Å². The second-order valence-electron chi connectivity index (χ2n) is 5.73. The first-order chi connectivity index (χ1) is 10.6. The number of carbonyl (C=O) groups is 1. The second kappa shape index (κ2) is 5.97. The largest absolute Gasteiger partial charge is 0.384 e. The maximum atomic E-state index is 12.9. The van der Waals surface area contributed by atoms with E-state index in [0.717, 1.165) is 31.2 Å². The van der Waals surface area contributed by atoms with E-state index in [1.54, 1.807) is 18.3 Å². The van der Waals surface area contributed by atoms with Gasteiger partial charge in [-0.2, -0.15) is 0 Å². The van der Waals surface area contributed by atoms with E-state index < -0.39 is 5.41 Å². The molecule has 0 atom stereocenters. The summed E-state index contributed by atoms with van der Waals surface area (Å²) >= 11 is 6.11. The molecule has 1 aromatic carbocycles. The van der Waals surface area contributed by atoms with Gasteiger partial charge < -0.3 is 11.1 Å². The monoisotopic (exact) mass is 315 g/mol. The van der Waals surface area contributed by atoms with E-state index in [0.29, 0.717) is 16.5 Å². The molecule has 1 heterocycles. The number of nitrogen functional groups attached to an aromatic ring is 1. The Kier molecular flexibility index (Phi) is 4.03. The van der Waals surface area contributed by atoms with Crippen LogP contribution in [0.3, 0.4) is 0 Å². The highest BCUT2D eigenvalue weighted by molar-refractivity contribution is 6.30. The van der Waals surface area contributed by atoms with Crippen LogP contribution in [0.4, 0.5) is 11.5 Å². The van der Waals surface area contributed by atoms with Crippen LogP contribution in [0, 0.1) is 0 Å². The molecule has 1 saturated carbocycles. The van der Waals surface area contributed by atoms with E-state index in [1.165, 1.54) is 0 Å². The normalized spacial score (nSPS) is 16.4. The van der Waals surface area contributed by atoms with Gasteiger partial charge in [0.15, 0.2) is 0 Å². The lowest BCUT2D eigenvalue weighted by Crippen LogP contribution is -2.38. The fourth-order valence-corrected chi connectivity index (χ4v) is 3.33. The number of pyridine rings is 1. The Labute approximate surface area is 134 Å². The number of nitrogens with two attached hydrogens (primary N) is 1. The minimum Gasteiger partial charge on any atom is -0.384 e. The number of rotatable bonds is 3. The number of hydrogen-bond acceptors (Lipinski definition) is 3. The van der Waals surface area contributed by atoms with Crippen molar-refractivity contribution >= 4 is 29.0 Å². The topological polar surface area (TPSA) is 68.0 Å². The number of hydrogen-bond donors (Lipinski definition) is 2. The molecular weight excluding hydrogens is 298 g/mol. The Morgan fingerprint density at radius 1 is 1.23 bits per heavy atom. The number of nitrogens with one attached hydrogen (secondary N) is 1. The molecule has 1 aliphatic rings. The molecule has 1 aliphatic carbocycles. The van der Waals surface area contributed by atoms with Gasteiger partial charge in [0.05, 0.1) is 17.3 Å². The summed E-state index contributed by atoms with van der Waals surface area (Å²) in [5.41, 5.74) is 6.71. The maximum Gasteiger partial charge on any atom is 0.235 e. The Morgan fingerprint density at radius 2 is 2.00 bits per heavy atom. The maximum absolute atomic E-state index is 12.9. The quantitative estimate of drug-likeness (QED) is 0.906. The van der Waals surface area contributed by atoms with Crippen LogP contribution in [0.25, 0.3) is 0 Å². The lowest BCUT2D eigenvalue weighted by Gasteiger charge is -2.28. The molecule has 22 heavy (non-hydrogen) atoms. The summed E-state index contributed by atoms with van der Waals surface area (Å²) in [4.78, 5) is 16.9. The van der Waals surface area contributed by atoms with Crippen molar-refractivity contribution in [1.29, 1.82) is 0 Å². The van der Waals surface area contributed by atoms with E-state index in [4.69, 9.17) is 17.3 Å². The third kappa shape index (κ3) is 2.79. The molecule has 2 aromatic rings. The number of benzene rings is 1. The van der Waals surface area contributed by atoms with Crippen molar-refractivity contribution in [2.24, 2.45) is 0 Å². The number of carbonyl (C=O) groups excluding carboxylic acids is 1. The molecule has 0 aliphatic heterocycles. The van der Waals surface area contributed by atoms with Crippen molar-refractivity contribution in [3.8, 4) is 0 Å². The highest BCUT2D eigenvalue weighted by Gasteiger charge is 2.42. The zero-order valence-corrected chi connectivity index (χ0v) is 12.9. The first-order valence-electron chi connectivity index (χ1n) is 7.39. The summed E-state index contributed by atoms with van der Waals surface area (Å²) in [5.74, 6) is 0.433. The molecule has 4 nitrogen and oxygen atoms in total. The predicted octanol–water partition coefficient (Wildman–Crippen LogP) is 3.77. The summed E-state index contributed by atoms with van der Waals surface area (Å²) in [5, 5.41) is 3.63. The zero-order chi connectivity index (χ0) is 15.6. The fraction of sp³-hybridized carbons (Fsp3) is 0.294. The molecule has 114 valence electrons. The molecule has 5 heteroatoms. The number of aromatic nitrogens is 1. The first-order valence-corrected chi connectivity index (χ1v) is 7.77. The molecule has 0 spiro atoms. The van der Waals surface area contributed by atoms with Gasteiger partial charge in [-0.3, -0.25) is 4.79 Å². The van der Waals surface area contributed by atoms with Crippen molar-refractivity contribution in [2.75, 3.05) is 11.1 Å². The molecule has 0 unspecified atom stereocenters. The minimum absolute atomic E-state index is 0.00108. The molecule has 1 fully saturated rings. The summed E-state index contributed by atoms with van der Waals surface area (Å²) < 4.78 is 0. The number of halogens is 1. The first kappa shape index (κ1) is 14.9. The summed E-state index contributed by atoms with van der Waals surface area (Å²) in [6.45, 7) is 0. The standard InChI is InChI=1S/C17H18ClN3O/c18-13-5-3-4-12(10-13)17(8-1-2-9-17)16(22)21-14-6-7-15(19)20-11-14/h3-7,10-11H,1-2,8-9H2,(H2,19,20)(H,21,22). The zero-order valence-electron chi connectivity index (χ0n) is 12.2. The van der Waals surface area contributed by atoms with Gasteiger partial charge >= 0.3 is 0 Å². The minimum atomic E-state index is -0.508.